The summed E-state index contributed by atoms with van der Waals surface area (Å²) < 4.78 is 11.4. The molecule has 1 atom stereocenters. The molecule has 0 saturated heterocycles. The number of nitrogens with one attached hydrogen (secondary N) is 1. The van der Waals surface area contributed by atoms with Crippen molar-refractivity contribution in [3.05, 3.63) is 59.7 Å². The van der Waals surface area contributed by atoms with Crippen LogP contribution in [0.25, 0.3) is 0 Å². The lowest BCUT2D eigenvalue weighted by atomic mass is 9.95. The van der Waals surface area contributed by atoms with Gasteiger partial charge in [-0.3, -0.25) is 9.59 Å². The van der Waals surface area contributed by atoms with E-state index in [0.717, 1.165) is 43.2 Å². The fraction of sp³-hybridized carbons (Fsp3) is 0.548. The zero-order valence-electron chi connectivity index (χ0n) is 22.8. The quantitative estimate of drug-likeness (QED) is 0.355. The molecule has 37 heavy (non-hydrogen) atoms. The van der Waals surface area contributed by atoms with E-state index in [1.54, 1.807) is 0 Å². The molecule has 0 radical (unpaired) electrons. The summed E-state index contributed by atoms with van der Waals surface area (Å²) in [4.78, 5) is 28.8. The molecule has 2 amide bonds. The first-order chi connectivity index (χ1) is 18.0. The summed E-state index contributed by atoms with van der Waals surface area (Å²) in [6.45, 7) is 7.52. The van der Waals surface area contributed by atoms with Crippen LogP contribution in [0.15, 0.2) is 48.5 Å². The second-order valence-corrected chi connectivity index (χ2v) is 9.74. The van der Waals surface area contributed by atoms with Crippen LogP contribution in [0.1, 0.15) is 76.8 Å². The monoisotopic (exact) mass is 508 g/mol. The number of carbonyl (C=O) groups is 2. The van der Waals surface area contributed by atoms with Crippen LogP contribution in [-0.2, 0) is 22.4 Å². The average Bonchev–Trinajstić information content (AvgIpc) is 2.92. The Morgan fingerprint density at radius 3 is 2.27 bits per heavy atom. The molecular weight excluding hydrogens is 464 g/mol. The third kappa shape index (κ3) is 8.80. The first-order valence-electron chi connectivity index (χ1n) is 14.1. The zero-order chi connectivity index (χ0) is 26.5. The fourth-order valence-corrected chi connectivity index (χ4v) is 5.09. The van der Waals surface area contributed by atoms with Gasteiger partial charge in [0, 0.05) is 19.0 Å². The SMILES string of the molecule is CCOc1ccc(CCC(=O)N(CCc2ccccc2)[C@H](CC)C(=O)NC2CCCCC2)cc1OCC. The number of hydrogen-bond donors (Lipinski definition) is 1. The molecule has 0 bridgehead atoms. The number of rotatable bonds is 14. The van der Waals surface area contributed by atoms with E-state index in [2.05, 4.69) is 17.4 Å². The molecule has 6 heteroatoms. The highest BCUT2D eigenvalue weighted by atomic mass is 16.5. The first kappa shape index (κ1) is 28.5. The predicted molar refractivity (Wildman–Crippen MR) is 148 cm³/mol. The van der Waals surface area contributed by atoms with Gasteiger partial charge < -0.3 is 19.7 Å². The van der Waals surface area contributed by atoms with Gasteiger partial charge in [0.15, 0.2) is 11.5 Å². The van der Waals surface area contributed by atoms with Crippen molar-refractivity contribution in [3.8, 4) is 11.5 Å². The smallest absolute Gasteiger partial charge is 0.243 e. The van der Waals surface area contributed by atoms with Gasteiger partial charge in [-0.2, -0.15) is 0 Å². The normalized spacial score (nSPS) is 14.6. The number of nitrogens with zero attached hydrogens (tertiary/aromatic N) is 1. The van der Waals surface area contributed by atoms with Crippen LogP contribution >= 0.6 is 0 Å². The van der Waals surface area contributed by atoms with Crippen molar-refractivity contribution in [2.75, 3.05) is 19.8 Å². The van der Waals surface area contributed by atoms with Crippen LogP contribution < -0.4 is 14.8 Å². The molecule has 202 valence electrons. The summed E-state index contributed by atoms with van der Waals surface area (Å²) in [5.41, 5.74) is 2.18. The zero-order valence-corrected chi connectivity index (χ0v) is 22.8. The number of hydrogen-bond acceptors (Lipinski definition) is 4. The molecule has 0 aliphatic heterocycles. The van der Waals surface area contributed by atoms with Crippen molar-refractivity contribution in [3.63, 3.8) is 0 Å². The highest BCUT2D eigenvalue weighted by Gasteiger charge is 2.29. The average molecular weight is 509 g/mol. The molecule has 0 heterocycles. The van der Waals surface area contributed by atoms with E-state index in [-0.39, 0.29) is 17.9 Å². The Morgan fingerprint density at radius 2 is 1.59 bits per heavy atom. The van der Waals surface area contributed by atoms with E-state index in [1.165, 1.54) is 6.42 Å². The second kappa shape index (κ2) is 15.3. The maximum Gasteiger partial charge on any atom is 0.243 e. The Bertz CT molecular complexity index is 972. The molecular formula is C31H44N2O4. The van der Waals surface area contributed by atoms with E-state index in [0.29, 0.717) is 50.5 Å². The summed E-state index contributed by atoms with van der Waals surface area (Å²) >= 11 is 0. The van der Waals surface area contributed by atoms with Crippen molar-refractivity contribution >= 4 is 11.8 Å². The molecule has 1 N–H and O–H groups in total. The lowest BCUT2D eigenvalue weighted by Gasteiger charge is -2.33. The molecule has 1 fully saturated rings. The topological polar surface area (TPSA) is 67.9 Å². The standard InChI is InChI=1S/C31H44N2O4/c1-4-27(31(35)32-26-15-11-8-12-16-26)33(22-21-24-13-9-7-10-14-24)30(34)20-18-25-17-19-28(36-5-2)29(23-25)37-6-3/h7,9-10,13-14,17,19,23,26-27H,4-6,8,11-12,15-16,18,20-22H2,1-3H3,(H,32,35)/t27-/m1/s1. The first-order valence-corrected chi connectivity index (χ1v) is 14.1. The van der Waals surface area contributed by atoms with Crippen molar-refractivity contribution in [2.45, 2.75) is 90.6 Å². The van der Waals surface area contributed by atoms with Gasteiger partial charge in [0.25, 0.3) is 0 Å². The van der Waals surface area contributed by atoms with Crippen LogP contribution in [0.2, 0.25) is 0 Å². The Morgan fingerprint density at radius 1 is 0.892 bits per heavy atom. The molecule has 0 spiro atoms. The number of benzene rings is 2. The highest BCUT2D eigenvalue weighted by Crippen LogP contribution is 2.29. The van der Waals surface area contributed by atoms with Crippen molar-refractivity contribution in [1.82, 2.24) is 10.2 Å². The Hall–Kier alpha value is -3.02. The summed E-state index contributed by atoms with van der Waals surface area (Å²) in [7, 11) is 0. The van der Waals surface area contributed by atoms with E-state index in [9.17, 15) is 9.59 Å². The third-order valence-electron chi connectivity index (χ3n) is 7.06. The maximum absolute atomic E-state index is 13.6. The summed E-state index contributed by atoms with van der Waals surface area (Å²) in [5, 5.41) is 3.25. The number of amides is 2. The van der Waals surface area contributed by atoms with Crippen LogP contribution in [0.3, 0.4) is 0 Å². The lowest BCUT2D eigenvalue weighted by Crippen LogP contribution is -2.52. The van der Waals surface area contributed by atoms with Gasteiger partial charge in [-0.25, -0.2) is 0 Å². The predicted octanol–water partition coefficient (Wildman–Crippen LogP) is 5.72. The maximum atomic E-state index is 13.6. The molecule has 1 aliphatic carbocycles. The number of ether oxygens (including phenoxy) is 2. The van der Waals surface area contributed by atoms with Crippen LogP contribution in [-0.4, -0.2) is 48.6 Å². The molecule has 3 rings (SSSR count). The minimum Gasteiger partial charge on any atom is -0.490 e. The fourth-order valence-electron chi connectivity index (χ4n) is 5.09. The lowest BCUT2D eigenvalue weighted by molar-refractivity contribution is -0.141. The van der Waals surface area contributed by atoms with Gasteiger partial charge in [-0.05, 0) is 69.2 Å². The molecule has 1 saturated carbocycles. The largest absolute Gasteiger partial charge is 0.490 e. The van der Waals surface area contributed by atoms with Gasteiger partial charge in [-0.1, -0.05) is 62.6 Å². The van der Waals surface area contributed by atoms with Crippen molar-refractivity contribution < 1.29 is 19.1 Å². The second-order valence-electron chi connectivity index (χ2n) is 9.74. The van der Waals surface area contributed by atoms with Gasteiger partial charge in [0.1, 0.15) is 6.04 Å². The van der Waals surface area contributed by atoms with Gasteiger partial charge in [0.2, 0.25) is 11.8 Å². The Labute approximate surface area is 222 Å². The van der Waals surface area contributed by atoms with Gasteiger partial charge in [0.05, 0.1) is 13.2 Å². The Kier molecular flexibility index (Phi) is 11.8. The van der Waals surface area contributed by atoms with Crippen LogP contribution in [0, 0.1) is 0 Å². The molecule has 1 aliphatic rings. The molecule has 6 nitrogen and oxygen atoms in total. The summed E-state index contributed by atoms with van der Waals surface area (Å²) in [5.74, 6) is 1.41. The van der Waals surface area contributed by atoms with Crippen LogP contribution in [0.4, 0.5) is 0 Å². The minimum absolute atomic E-state index is 0.00780. The van der Waals surface area contributed by atoms with Crippen molar-refractivity contribution in [1.29, 1.82) is 0 Å². The molecule has 0 aromatic heterocycles. The number of carbonyl (C=O) groups excluding carboxylic acids is 2. The van der Waals surface area contributed by atoms with Gasteiger partial charge in [-0.15, -0.1) is 0 Å². The van der Waals surface area contributed by atoms with Gasteiger partial charge >= 0.3 is 0 Å². The van der Waals surface area contributed by atoms with E-state index in [1.807, 2.05) is 62.1 Å². The Balaban J connectivity index is 1.71. The van der Waals surface area contributed by atoms with Crippen molar-refractivity contribution in [2.24, 2.45) is 0 Å². The van der Waals surface area contributed by atoms with E-state index >= 15 is 0 Å². The summed E-state index contributed by atoms with van der Waals surface area (Å²) in [6.07, 6.45) is 7.83. The van der Waals surface area contributed by atoms with E-state index in [4.69, 9.17) is 9.47 Å². The molecule has 2 aromatic rings. The highest BCUT2D eigenvalue weighted by molar-refractivity contribution is 5.88. The number of aryl methyl sites for hydroxylation is 1. The summed E-state index contributed by atoms with van der Waals surface area (Å²) in [6, 6.07) is 15.8. The minimum atomic E-state index is -0.461. The third-order valence-corrected chi connectivity index (χ3v) is 7.06. The molecule has 2 aromatic carbocycles. The van der Waals surface area contributed by atoms with E-state index < -0.39 is 6.04 Å². The van der Waals surface area contributed by atoms with Crippen LogP contribution in [0.5, 0.6) is 11.5 Å². The molecule has 0 unspecified atom stereocenters.